The van der Waals surface area contributed by atoms with Crippen molar-refractivity contribution in [3.63, 3.8) is 0 Å². The van der Waals surface area contributed by atoms with Gasteiger partial charge in [0.05, 0.1) is 11.4 Å². The van der Waals surface area contributed by atoms with Crippen LogP contribution in [0, 0.1) is 12.7 Å². The van der Waals surface area contributed by atoms with Crippen molar-refractivity contribution in [1.82, 2.24) is 24.8 Å². The molecule has 8 heteroatoms. The summed E-state index contributed by atoms with van der Waals surface area (Å²) in [4.78, 5) is 12.3. The number of aryl methyl sites for hydroxylation is 1. The quantitative estimate of drug-likeness (QED) is 0.774. The first-order valence-corrected chi connectivity index (χ1v) is 8.11. The van der Waals surface area contributed by atoms with E-state index in [-0.39, 0.29) is 18.1 Å². The Morgan fingerprint density at radius 2 is 2.16 bits per heavy atom. The van der Waals surface area contributed by atoms with E-state index in [9.17, 15) is 9.18 Å². The normalized spacial score (nSPS) is 13.8. The number of rotatable bonds is 5. The van der Waals surface area contributed by atoms with E-state index in [1.807, 2.05) is 0 Å². The summed E-state index contributed by atoms with van der Waals surface area (Å²) in [6.45, 7) is 1.83. The van der Waals surface area contributed by atoms with Crippen LogP contribution in [0.25, 0.3) is 5.69 Å². The molecule has 1 aliphatic rings. The zero-order chi connectivity index (χ0) is 17.4. The third kappa shape index (κ3) is 3.28. The maximum atomic E-state index is 14.0. The molecule has 7 nitrogen and oxygen atoms in total. The first-order chi connectivity index (χ1) is 12.1. The van der Waals surface area contributed by atoms with Crippen molar-refractivity contribution in [2.24, 2.45) is 0 Å². The van der Waals surface area contributed by atoms with Crippen LogP contribution in [0.3, 0.4) is 0 Å². The van der Waals surface area contributed by atoms with E-state index in [1.54, 1.807) is 37.4 Å². The van der Waals surface area contributed by atoms with Gasteiger partial charge in [-0.1, -0.05) is 17.3 Å². The number of anilines is 1. The van der Waals surface area contributed by atoms with Gasteiger partial charge in [-0.05, 0) is 31.9 Å². The lowest BCUT2D eigenvalue weighted by Crippen LogP contribution is -2.21. The van der Waals surface area contributed by atoms with Crippen LogP contribution < -0.4 is 5.32 Å². The molecule has 0 bridgehead atoms. The highest BCUT2D eigenvalue weighted by atomic mass is 19.1. The average molecular weight is 340 g/mol. The number of carbonyl (C=O) groups excluding carboxylic acids is 1. The second kappa shape index (κ2) is 6.12. The van der Waals surface area contributed by atoms with Gasteiger partial charge in [0.25, 0.3) is 0 Å². The molecule has 128 valence electrons. The molecular weight excluding hydrogens is 323 g/mol. The minimum absolute atomic E-state index is 0.0429. The molecule has 0 spiro atoms. The van der Waals surface area contributed by atoms with Gasteiger partial charge in [-0.3, -0.25) is 4.79 Å². The highest BCUT2D eigenvalue weighted by Crippen LogP contribution is 2.38. The van der Waals surface area contributed by atoms with Crippen LogP contribution in [0.4, 0.5) is 10.2 Å². The Morgan fingerprint density at radius 3 is 2.92 bits per heavy atom. The van der Waals surface area contributed by atoms with Gasteiger partial charge in [-0.25, -0.2) is 13.8 Å². The smallest absolute Gasteiger partial charge is 0.247 e. The van der Waals surface area contributed by atoms with Crippen molar-refractivity contribution in [1.29, 1.82) is 0 Å². The van der Waals surface area contributed by atoms with E-state index < -0.39 is 5.82 Å². The summed E-state index contributed by atoms with van der Waals surface area (Å²) >= 11 is 0. The van der Waals surface area contributed by atoms with E-state index in [1.165, 1.54) is 15.4 Å². The zero-order valence-corrected chi connectivity index (χ0v) is 13.7. The molecule has 1 aromatic carbocycles. The van der Waals surface area contributed by atoms with Crippen LogP contribution in [-0.4, -0.2) is 30.7 Å². The highest BCUT2D eigenvalue weighted by molar-refractivity contribution is 5.90. The largest absolute Gasteiger partial charge is 0.309 e. The van der Waals surface area contributed by atoms with Crippen molar-refractivity contribution in [3.8, 4) is 5.69 Å². The van der Waals surface area contributed by atoms with Gasteiger partial charge in [-0.2, -0.15) is 5.10 Å². The Labute approximate surface area is 143 Å². The minimum Gasteiger partial charge on any atom is -0.309 e. The van der Waals surface area contributed by atoms with Crippen molar-refractivity contribution < 1.29 is 9.18 Å². The SMILES string of the molecule is Cc1cc(NC(=O)Cn2cc(C3CC3)nn2)n(-c2ccccc2F)n1. The second-order valence-electron chi connectivity index (χ2n) is 6.20. The van der Waals surface area contributed by atoms with Gasteiger partial charge in [0.15, 0.2) is 0 Å². The van der Waals surface area contributed by atoms with Gasteiger partial charge >= 0.3 is 0 Å². The molecule has 1 aliphatic carbocycles. The number of carbonyl (C=O) groups is 1. The lowest BCUT2D eigenvalue weighted by molar-refractivity contribution is -0.117. The number of benzene rings is 1. The van der Waals surface area contributed by atoms with E-state index in [0.717, 1.165) is 18.5 Å². The van der Waals surface area contributed by atoms with Crippen LogP contribution >= 0.6 is 0 Å². The Bertz CT molecular complexity index is 927. The van der Waals surface area contributed by atoms with E-state index >= 15 is 0 Å². The number of nitrogens with zero attached hydrogens (tertiary/aromatic N) is 5. The molecule has 4 rings (SSSR count). The molecular formula is C17H17FN6O. The van der Waals surface area contributed by atoms with Crippen molar-refractivity contribution >= 4 is 11.7 Å². The maximum absolute atomic E-state index is 14.0. The fraction of sp³-hybridized carbons (Fsp3) is 0.294. The highest BCUT2D eigenvalue weighted by Gasteiger charge is 2.26. The van der Waals surface area contributed by atoms with Crippen LogP contribution in [0.1, 0.15) is 30.1 Å². The standard InChI is InChI=1S/C17H17FN6O/c1-11-8-16(24(21-11)15-5-3-2-4-13(15)18)19-17(25)10-23-9-14(20-22-23)12-6-7-12/h2-5,8-9,12H,6-7,10H2,1H3,(H,19,25). The molecule has 2 heterocycles. The Balaban J connectivity index is 1.52. The number of hydrogen-bond acceptors (Lipinski definition) is 4. The number of nitrogens with one attached hydrogen (secondary N) is 1. The predicted octanol–water partition coefficient (Wildman–Crippen LogP) is 2.43. The molecule has 2 aromatic heterocycles. The van der Waals surface area contributed by atoms with Gasteiger partial charge in [0.1, 0.15) is 23.9 Å². The Hall–Kier alpha value is -3.03. The number of halogens is 1. The first kappa shape index (κ1) is 15.5. The van der Waals surface area contributed by atoms with Crippen molar-refractivity contribution in [2.45, 2.75) is 32.2 Å². The number of aromatic nitrogens is 5. The summed E-state index contributed by atoms with van der Waals surface area (Å²) in [6.07, 6.45) is 4.06. The summed E-state index contributed by atoms with van der Waals surface area (Å²) < 4.78 is 16.9. The monoisotopic (exact) mass is 340 g/mol. The van der Waals surface area contributed by atoms with E-state index in [2.05, 4.69) is 20.7 Å². The zero-order valence-electron chi connectivity index (χ0n) is 13.7. The second-order valence-corrected chi connectivity index (χ2v) is 6.20. The fourth-order valence-corrected chi connectivity index (χ4v) is 2.68. The van der Waals surface area contributed by atoms with Crippen molar-refractivity contribution in [2.75, 3.05) is 5.32 Å². The molecule has 0 atom stereocenters. The van der Waals surface area contributed by atoms with Gasteiger partial charge < -0.3 is 5.32 Å². The van der Waals surface area contributed by atoms with Crippen LogP contribution in [0.2, 0.25) is 0 Å². The molecule has 1 amide bonds. The van der Waals surface area contributed by atoms with Crippen LogP contribution in [0.15, 0.2) is 36.5 Å². The summed E-state index contributed by atoms with van der Waals surface area (Å²) in [6, 6.07) is 7.98. The first-order valence-electron chi connectivity index (χ1n) is 8.11. The fourth-order valence-electron chi connectivity index (χ4n) is 2.68. The van der Waals surface area contributed by atoms with Gasteiger partial charge in [-0.15, -0.1) is 5.10 Å². The van der Waals surface area contributed by atoms with Gasteiger partial charge in [0, 0.05) is 18.2 Å². The van der Waals surface area contributed by atoms with Gasteiger partial charge in [0.2, 0.25) is 5.91 Å². The third-order valence-corrected chi connectivity index (χ3v) is 4.04. The molecule has 1 fully saturated rings. The van der Waals surface area contributed by atoms with E-state index in [0.29, 0.717) is 17.4 Å². The van der Waals surface area contributed by atoms with Crippen LogP contribution in [-0.2, 0) is 11.3 Å². The molecule has 0 unspecified atom stereocenters. The molecule has 3 aromatic rings. The Kier molecular flexibility index (Phi) is 3.79. The summed E-state index contributed by atoms with van der Waals surface area (Å²) in [5.41, 5.74) is 1.89. The summed E-state index contributed by atoms with van der Waals surface area (Å²) in [5.74, 6) is 0.216. The minimum atomic E-state index is -0.411. The summed E-state index contributed by atoms with van der Waals surface area (Å²) in [7, 11) is 0. The summed E-state index contributed by atoms with van der Waals surface area (Å²) in [5, 5.41) is 15.1. The molecule has 0 aliphatic heterocycles. The number of amides is 1. The Morgan fingerprint density at radius 1 is 1.36 bits per heavy atom. The van der Waals surface area contributed by atoms with E-state index in [4.69, 9.17) is 0 Å². The lowest BCUT2D eigenvalue weighted by Gasteiger charge is -2.09. The molecule has 0 saturated heterocycles. The number of hydrogen-bond donors (Lipinski definition) is 1. The van der Waals surface area contributed by atoms with Crippen molar-refractivity contribution in [3.05, 3.63) is 53.7 Å². The third-order valence-electron chi connectivity index (χ3n) is 4.04. The molecule has 25 heavy (non-hydrogen) atoms. The average Bonchev–Trinajstić information content (AvgIpc) is 3.22. The van der Waals surface area contributed by atoms with Crippen LogP contribution in [0.5, 0.6) is 0 Å². The molecule has 1 saturated carbocycles. The topological polar surface area (TPSA) is 77.6 Å². The molecule has 1 N–H and O–H groups in total. The lowest BCUT2D eigenvalue weighted by atomic mass is 10.3. The predicted molar refractivity (Wildman–Crippen MR) is 88.9 cm³/mol. The maximum Gasteiger partial charge on any atom is 0.247 e. The molecule has 0 radical (unpaired) electrons. The number of para-hydroxylation sites is 1.